The zero-order valence-electron chi connectivity index (χ0n) is 10.4. The second-order valence-corrected chi connectivity index (χ2v) is 4.28. The Labute approximate surface area is 105 Å². The van der Waals surface area contributed by atoms with Crippen LogP contribution in [-0.2, 0) is 4.74 Å². The predicted octanol–water partition coefficient (Wildman–Crippen LogP) is 2.36. The van der Waals surface area contributed by atoms with E-state index in [2.05, 4.69) is 4.74 Å². The first-order valence-electron chi connectivity index (χ1n) is 5.65. The van der Waals surface area contributed by atoms with Gasteiger partial charge in [-0.1, -0.05) is 0 Å². The fourth-order valence-electron chi connectivity index (χ4n) is 1.63. The lowest BCUT2D eigenvalue weighted by Gasteiger charge is -2.17. The highest BCUT2D eigenvalue weighted by molar-refractivity contribution is 5.90. The molecule has 1 aromatic rings. The molecule has 0 radical (unpaired) electrons. The van der Waals surface area contributed by atoms with E-state index in [9.17, 15) is 9.18 Å². The monoisotopic (exact) mass is 254 g/mol. The smallest absolute Gasteiger partial charge is 0.337 e. The number of ether oxygens (including phenoxy) is 3. The fourth-order valence-corrected chi connectivity index (χ4v) is 1.63. The quantitative estimate of drug-likeness (QED) is 0.757. The summed E-state index contributed by atoms with van der Waals surface area (Å²) >= 11 is 0. The normalized spacial score (nSPS) is 15.9. The van der Waals surface area contributed by atoms with Crippen LogP contribution >= 0.6 is 0 Å². The molecule has 0 bridgehead atoms. The number of hydrogen-bond donors (Lipinski definition) is 0. The van der Waals surface area contributed by atoms with Crippen LogP contribution in [0, 0.1) is 0 Å². The third kappa shape index (κ3) is 2.39. The van der Waals surface area contributed by atoms with Crippen LogP contribution in [-0.4, -0.2) is 32.5 Å². The number of alkyl halides is 1. The standard InChI is InChI=1S/C13H15FO4/c1-16-11-7-9(12(15)17-2)3-4-10(11)18-13(8-14)5-6-13/h3-4,7H,5-6,8H2,1-2H3. The largest absolute Gasteiger partial charge is 0.493 e. The van der Waals surface area contributed by atoms with Crippen molar-refractivity contribution in [2.24, 2.45) is 0 Å². The van der Waals surface area contributed by atoms with Crippen LogP contribution in [0.4, 0.5) is 4.39 Å². The van der Waals surface area contributed by atoms with Crippen molar-refractivity contribution < 1.29 is 23.4 Å². The number of carbonyl (C=O) groups excluding carboxylic acids is 1. The molecule has 0 amide bonds. The van der Waals surface area contributed by atoms with E-state index >= 15 is 0 Å². The molecular formula is C13H15FO4. The highest BCUT2D eigenvalue weighted by atomic mass is 19.1. The lowest BCUT2D eigenvalue weighted by molar-refractivity contribution is 0.0600. The number of methoxy groups -OCH3 is 2. The SMILES string of the molecule is COC(=O)c1ccc(OC2(CF)CC2)c(OC)c1. The van der Waals surface area contributed by atoms with Crippen molar-refractivity contribution in [3.8, 4) is 11.5 Å². The molecule has 5 heteroatoms. The molecule has 0 unspecified atom stereocenters. The molecular weight excluding hydrogens is 239 g/mol. The molecule has 4 nitrogen and oxygen atoms in total. The van der Waals surface area contributed by atoms with Gasteiger partial charge in [-0.15, -0.1) is 0 Å². The van der Waals surface area contributed by atoms with Crippen molar-refractivity contribution in [2.45, 2.75) is 18.4 Å². The topological polar surface area (TPSA) is 44.8 Å². The molecule has 1 fully saturated rings. The van der Waals surface area contributed by atoms with Crippen LogP contribution in [0.3, 0.4) is 0 Å². The Bertz CT molecular complexity index is 454. The van der Waals surface area contributed by atoms with Gasteiger partial charge in [0.25, 0.3) is 0 Å². The number of carbonyl (C=O) groups is 1. The molecule has 1 aromatic carbocycles. The highest BCUT2D eigenvalue weighted by Gasteiger charge is 2.46. The van der Waals surface area contributed by atoms with E-state index in [1.807, 2.05) is 0 Å². The number of rotatable bonds is 5. The van der Waals surface area contributed by atoms with E-state index in [0.717, 1.165) is 0 Å². The van der Waals surface area contributed by atoms with E-state index in [-0.39, 0.29) is 0 Å². The first kappa shape index (κ1) is 12.7. The summed E-state index contributed by atoms with van der Waals surface area (Å²) in [5, 5.41) is 0. The zero-order chi connectivity index (χ0) is 13.2. The van der Waals surface area contributed by atoms with Crippen molar-refractivity contribution in [3.63, 3.8) is 0 Å². The molecule has 1 saturated carbocycles. The lowest BCUT2D eigenvalue weighted by Crippen LogP contribution is -2.20. The van der Waals surface area contributed by atoms with E-state index in [4.69, 9.17) is 9.47 Å². The van der Waals surface area contributed by atoms with Crippen molar-refractivity contribution >= 4 is 5.97 Å². The van der Waals surface area contributed by atoms with Crippen LogP contribution in [0.1, 0.15) is 23.2 Å². The molecule has 0 aromatic heterocycles. The fraction of sp³-hybridized carbons (Fsp3) is 0.462. The predicted molar refractivity (Wildman–Crippen MR) is 62.9 cm³/mol. The van der Waals surface area contributed by atoms with Gasteiger partial charge in [0.2, 0.25) is 0 Å². The minimum atomic E-state index is -0.694. The number of benzene rings is 1. The summed E-state index contributed by atoms with van der Waals surface area (Å²) in [4.78, 5) is 11.4. The second kappa shape index (κ2) is 4.84. The van der Waals surface area contributed by atoms with Gasteiger partial charge in [-0.2, -0.15) is 0 Å². The molecule has 0 spiro atoms. The van der Waals surface area contributed by atoms with Gasteiger partial charge in [0.15, 0.2) is 11.5 Å². The summed E-state index contributed by atoms with van der Waals surface area (Å²) in [6.45, 7) is -0.519. The van der Waals surface area contributed by atoms with E-state index in [1.54, 1.807) is 12.1 Å². The lowest BCUT2D eigenvalue weighted by atomic mass is 10.2. The Morgan fingerprint density at radius 2 is 2.06 bits per heavy atom. The van der Waals surface area contributed by atoms with Crippen LogP contribution < -0.4 is 9.47 Å². The molecule has 0 aliphatic heterocycles. The summed E-state index contributed by atoms with van der Waals surface area (Å²) < 4.78 is 28.1. The maximum atomic E-state index is 12.8. The molecule has 0 saturated heterocycles. The van der Waals surface area contributed by atoms with E-state index in [0.29, 0.717) is 29.9 Å². The van der Waals surface area contributed by atoms with Crippen molar-refractivity contribution in [3.05, 3.63) is 23.8 Å². The van der Waals surface area contributed by atoms with Crippen LogP contribution in [0.2, 0.25) is 0 Å². The summed E-state index contributed by atoms with van der Waals surface area (Å²) in [5.41, 5.74) is -0.327. The summed E-state index contributed by atoms with van der Waals surface area (Å²) in [6.07, 6.45) is 1.40. The van der Waals surface area contributed by atoms with Crippen molar-refractivity contribution in [1.29, 1.82) is 0 Å². The Kier molecular flexibility index (Phi) is 3.41. The average molecular weight is 254 g/mol. The van der Waals surface area contributed by atoms with Crippen molar-refractivity contribution in [1.82, 2.24) is 0 Å². The van der Waals surface area contributed by atoms with Crippen LogP contribution in [0.5, 0.6) is 11.5 Å². The van der Waals surface area contributed by atoms with E-state index < -0.39 is 18.2 Å². The minimum absolute atomic E-state index is 0.367. The van der Waals surface area contributed by atoms with Gasteiger partial charge < -0.3 is 14.2 Å². The first-order chi connectivity index (χ1) is 8.64. The zero-order valence-corrected chi connectivity index (χ0v) is 10.4. The molecule has 2 rings (SSSR count). The minimum Gasteiger partial charge on any atom is -0.493 e. The van der Waals surface area contributed by atoms with E-state index in [1.165, 1.54) is 20.3 Å². The molecule has 0 N–H and O–H groups in total. The number of esters is 1. The Balaban J connectivity index is 2.23. The van der Waals surface area contributed by atoms with Gasteiger partial charge in [-0.25, -0.2) is 9.18 Å². The molecule has 0 heterocycles. The molecule has 98 valence electrons. The van der Waals surface area contributed by atoms with Crippen LogP contribution in [0.15, 0.2) is 18.2 Å². The number of hydrogen-bond acceptors (Lipinski definition) is 4. The van der Waals surface area contributed by atoms with Gasteiger partial charge in [-0.3, -0.25) is 0 Å². The Morgan fingerprint density at radius 1 is 1.33 bits per heavy atom. The summed E-state index contributed by atoms with van der Waals surface area (Å²) in [5.74, 6) is 0.393. The maximum Gasteiger partial charge on any atom is 0.337 e. The molecule has 18 heavy (non-hydrogen) atoms. The van der Waals surface area contributed by atoms with Gasteiger partial charge in [0, 0.05) is 0 Å². The Hall–Kier alpha value is -1.78. The summed E-state index contributed by atoms with van der Waals surface area (Å²) in [7, 11) is 2.78. The Morgan fingerprint density at radius 3 is 2.56 bits per heavy atom. The molecule has 0 atom stereocenters. The molecule has 1 aliphatic rings. The first-order valence-corrected chi connectivity index (χ1v) is 5.65. The number of halogens is 1. The van der Waals surface area contributed by atoms with Gasteiger partial charge in [0.1, 0.15) is 12.3 Å². The van der Waals surface area contributed by atoms with Gasteiger partial charge in [-0.05, 0) is 31.0 Å². The maximum absolute atomic E-state index is 12.8. The summed E-state index contributed by atoms with van der Waals surface area (Å²) in [6, 6.07) is 4.69. The van der Waals surface area contributed by atoms with Crippen molar-refractivity contribution in [2.75, 3.05) is 20.9 Å². The molecule has 1 aliphatic carbocycles. The third-order valence-electron chi connectivity index (χ3n) is 2.96. The van der Waals surface area contributed by atoms with Crippen LogP contribution in [0.25, 0.3) is 0 Å². The van der Waals surface area contributed by atoms with Gasteiger partial charge >= 0.3 is 5.97 Å². The highest BCUT2D eigenvalue weighted by Crippen LogP contribution is 2.43. The third-order valence-corrected chi connectivity index (χ3v) is 2.96. The average Bonchev–Trinajstić information content (AvgIpc) is 3.18. The second-order valence-electron chi connectivity index (χ2n) is 4.28. The van der Waals surface area contributed by atoms with Gasteiger partial charge in [0.05, 0.1) is 19.8 Å².